The van der Waals surface area contributed by atoms with Crippen molar-refractivity contribution in [2.75, 3.05) is 12.4 Å². The van der Waals surface area contributed by atoms with Crippen molar-refractivity contribution in [1.29, 1.82) is 0 Å². The molecule has 0 atom stereocenters. The number of benzene rings is 2. The highest BCUT2D eigenvalue weighted by molar-refractivity contribution is 6.36. The standard InChI is InChI=1S/C19H18ClNO3/c1-11(2)24-18-12(5-4-6-17(18)23-3)9-15-14-10-13(20)7-8-16(14)21-19(15)22/h4-11H,1-3H3,(H,21,22)/b15-9-. The number of carbonyl (C=O) groups is 1. The number of hydrogen-bond acceptors (Lipinski definition) is 3. The summed E-state index contributed by atoms with van der Waals surface area (Å²) in [7, 11) is 1.59. The molecule has 2 aromatic carbocycles. The van der Waals surface area contributed by atoms with Gasteiger partial charge in [-0.2, -0.15) is 0 Å². The Bertz CT molecular complexity index is 827. The average molecular weight is 344 g/mol. The Labute approximate surface area is 146 Å². The first kappa shape index (κ1) is 16.4. The Balaban J connectivity index is 2.13. The highest BCUT2D eigenvalue weighted by Gasteiger charge is 2.25. The van der Waals surface area contributed by atoms with E-state index in [2.05, 4.69) is 5.32 Å². The topological polar surface area (TPSA) is 47.6 Å². The number of hydrogen-bond donors (Lipinski definition) is 1. The van der Waals surface area contributed by atoms with E-state index >= 15 is 0 Å². The molecule has 1 heterocycles. The van der Waals surface area contributed by atoms with Crippen LogP contribution in [0.2, 0.25) is 5.02 Å². The highest BCUT2D eigenvalue weighted by atomic mass is 35.5. The third-order valence-electron chi connectivity index (χ3n) is 3.65. The molecule has 1 N–H and O–H groups in total. The quantitative estimate of drug-likeness (QED) is 0.823. The minimum atomic E-state index is -0.161. The van der Waals surface area contributed by atoms with Gasteiger partial charge in [0, 0.05) is 27.4 Å². The molecule has 1 aliphatic rings. The minimum Gasteiger partial charge on any atom is -0.493 e. The third-order valence-corrected chi connectivity index (χ3v) is 3.88. The van der Waals surface area contributed by atoms with Crippen LogP contribution in [-0.4, -0.2) is 19.1 Å². The van der Waals surface area contributed by atoms with Crippen molar-refractivity contribution in [3.63, 3.8) is 0 Å². The van der Waals surface area contributed by atoms with Crippen molar-refractivity contribution in [2.24, 2.45) is 0 Å². The van der Waals surface area contributed by atoms with Gasteiger partial charge in [-0.3, -0.25) is 4.79 Å². The Morgan fingerprint density at radius 1 is 1.21 bits per heavy atom. The molecule has 3 rings (SSSR count). The molecule has 24 heavy (non-hydrogen) atoms. The van der Waals surface area contributed by atoms with Gasteiger partial charge in [0.2, 0.25) is 0 Å². The lowest BCUT2D eigenvalue weighted by molar-refractivity contribution is -0.110. The van der Waals surface area contributed by atoms with Gasteiger partial charge in [-0.25, -0.2) is 0 Å². The summed E-state index contributed by atoms with van der Waals surface area (Å²) in [4.78, 5) is 12.3. The molecule has 0 radical (unpaired) electrons. The van der Waals surface area contributed by atoms with Crippen LogP contribution in [0.1, 0.15) is 25.0 Å². The molecule has 1 aliphatic heterocycles. The van der Waals surface area contributed by atoms with Crippen molar-refractivity contribution in [1.82, 2.24) is 0 Å². The van der Waals surface area contributed by atoms with Gasteiger partial charge in [0.25, 0.3) is 5.91 Å². The molecule has 0 fully saturated rings. The van der Waals surface area contributed by atoms with Gasteiger partial charge in [-0.1, -0.05) is 23.7 Å². The van der Waals surface area contributed by atoms with E-state index in [1.807, 2.05) is 32.0 Å². The first-order chi connectivity index (χ1) is 11.5. The van der Waals surface area contributed by atoms with Crippen LogP contribution in [0.15, 0.2) is 36.4 Å². The summed E-state index contributed by atoms with van der Waals surface area (Å²) in [5, 5.41) is 3.43. The first-order valence-corrected chi connectivity index (χ1v) is 8.04. The van der Waals surface area contributed by atoms with E-state index in [0.29, 0.717) is 22.1 Å². The van der Waals surface area contributed by atoms with Crippen LogP contribution in [0.25, 0.3) is 11.6 Å². The van der Waals surface area contributed by atoms with Gasteiger partial charge < -0.3 is 14.8 Å². The van der Waals surface area contributed by atoms with Gasteiger partial charge in [0.05, 0.1) is 13.2 Å². The predicted octanol–water partition coefficient (Wildman–Crippen LogP) is 4.63. The largest absolute Gasteiger partial charge is 0.493 e. The van der Waals surface area contributed by atoms with Crippen LogP contribution >= 0.6 is 11.6 Å². The zero-order valence-electron chi connectivity index (χ0n) is 13.7. The highest BCUT2D eigenvalue weighted by Crippen LogP contribution is 2.38. The van der Waals surface area contributed by atoms with Crippen LogP contribution in [0, 0.1) is 0 Å². The number of rotatable bonds is 4. The van der Waals surface area contributed by atoms with E-state index in [4.69, 9.17) is 21.1 Å². The predicted molar refractivity (Wildman–Crippen MR) is 96.7 cm³/mol. The maximum Gasteiger partial charge on any atom is 0.256 e. The van der Waals surface area contributed by atoms with E-state index in [0.717, 1.165) is 16.8 Å². The number of amides is 1. The summed E-state index contributed by atoms with van der Waals surface area (Å²) in [6, 6.07) is 10.9. The van der Waals surface area contributed by atoms with Crippen LogP contribution < -0.4 is 14.8 Å². The Hall–Kier alpha value is -2.46. The Morgan fingerprint density at radius 3 is 2.71 bits per heavy atom. The molecular formula is C19H18ClNO3. The van der Waals surface area contributed by atoms with Crippen molar-refractivity contribution < 1.29 is 14.3 Å². The smallest absolute Gasteiger partial charge is 0.256 e. The summed E-state index contributed by atoms with van der Waals surface area (Å²) in [6.45, 7) is 3.89. The van der Waals surface area contributed by atoms with Gasteiger partial charge in [0.1, 0.15) is 0 Å². The van der Waals surface area contributed by atoms with E-state index in [1.165, 1.54) is 0 Å². The van der Waals surface area contributed by atoms with Crippen LogP contribution in [-0.2, 0) is 4.79 Å². The molecule has 2 aromatic rings. The van der Waals surface area contributed by atoms with Crippen molar-refractivity contribution >= 4 is 34.8 Å². The summed E-state index contributed by atoms with van der Waals surface area (Å²) in [5.74, 6) is 1.08. The van der Waals surface area contributed by atoms with E-state index in [1.54, 1.807) is 31.4 Å². The first-order valence-electron chi connectivity index (χ1n) is 7.66. The van der Waals surface area contributed by atoms with Gasteiger partial charge in [-0.15, -0.1) is 0 Å². The normalized spacial score (nSPS) is 14.7. The molecular weight excluding hydrogens is 326 g/mol. The molecule has 0 saturated carbocycles. The second kappa shape index (κ2) is 6.57. The maximum atomic E-state index is 12.3. The molecule has 4 nitrogen and oxygen atoms in total. The fraction of sp³-hybridized carbons (Fsp3) is 0.211. The Morgan fingerprint density at radius 2 is 2.00 bits per heavy atom. The number of fused-ring (bicyclic) bond motifs is 1. The zero-order chi connectivity index (χ0) is 17.3. The number of ether oxygens (including phenoxy) is 2. The van der Waals surface area contributed by atoms with Gasteiger partial charge in [0.15, 0.2) is 11.5 Å². The third kappa shape index (κ3) is 3.10. The van der Waals surface area contributed by atoms with Gasteiger partial charge >= 0.3 is 0 Å². The van der Waals surface area contributed by atoms with Crippen molar-refractivity contribution in [3.8, 4) is 11.5 Å². The second-order valence-corrected chi connectivity index (χ2v) is 6.18. The molecule has 0 bridgehead atoms. The average Bonchev–Trinajstić information content (AvgIpc) is 2.84. The molecule has 5 heteroatoms. The molecule has 1 amide bonds. The summed E-state index contributed by atoms with van der Waals surface area (Å²) >= 11 is 6.08. The summed E-state index contributed by atoms with van der Waals surface area (Å²) < 4.78 is 11.3. The fourth-order valence-corrected chi connectivity index (χ4v) is 2.80. The van der Waals surface area contributed by atoms with Gasteiger partial charge in [-0.05, 0) is 44.2 Å². The summed E-state index contributed by atoms with van der Waals surface area (Å²) in [5.41, 5.74) is 2.87. The van der Waals surface area contributed by atoms with Crippen molar-refractivity contribution in [3.05, 3.63) is 52.5 Å². The molecule has 0 aliphatic carbocycles. The van der Waals surface area contributed by atoms with Crippen LogP contribution in [0.3, 0.4) is 0 Å². The monoisotopic (exact) mass is 343 g/mol. The molecule has 124 valence electrons. The summed E-state index contributed by atoms with van der Waals surface area (Å²) in [6.07, 6.45) is 1.79. The number of methoxy groups -OCH3 is 1. The van der Waals surface area contributed by atoms with Crippen LogP contribution in [0.5, 0.6) is 11.5 Å². The molecule has 0 spiro atoms. The van der Waals surface area contributed by atoms with E-state index < -0.39 is 0 Å². The number of halogens is 1. The molecule has 0 unspecified atom stereocenters. The Kier molecular flexibility index (Phi) is 4.49. The molecule has 0 aromatic heterocycles. The van der Waals surface area contributed by atoms with Crippen LogP contribution in [0.4, 0.5) is 5.69 Å². The van der Waals surface area contributed by atoms with E-state index in [-0.39, 0.29) is 12.0 Å². The van der Waals surface area contributed by atoms with E-state index in [9.17, 15) is 4.79 Å². The zero-order valence-corrected chi connectivity index (χ0v) is 14.5. The minimum absolute atomic E-state index is 0.0161. The lowest BCUT2D eigenvalue weighted by Crippen LogP contribution is -2.08. The number of carbonyl (C=O) groups excluding carboxylic acids is 1. The lowest BCUT2D eigenvalue weighted by Gasteiger charge is -2.16. The van der Waals surface area contributed by atoms with Crippen molar-refractivity contribution in [2.45, 2.75) is 20.0 Å². The second-order valence-electron chi connectivity index (χ2n) is 5.75. The number of para-hydroxylation sites is 1. The number of nitrogens with one attached hydrogen (secondary N) is 1. The maximum absolute atomic E-state index is 12.3. The SMILES string of the molecule is COc1cccc(/C=C2\C(=O)Nc3ccc(Cl)cc32)c1OC(C)C. The number of anilines is 1. The molecule has 0 saturated heterocycles. The fourth-order valence-electron chi connectivity index (χ4n) is 2.63. The lowest BCUT2D eigenvalue weighted by atomic mass is 10.0.